The molecular formula is C15H15BrN2O2S. The normalized spacial score (nSPS) is 13.2. The number of hydrogen-bond donors (Lipinski definition) is 1. The van der Waals surface area contributed by atoms with Gasteiger partial charge in [0.1, 0.15) is 0 Å². The minimum Gasteiger partial charge on any atom is -0.200 e. The Morgan fingerprint density at radius 3 is 2.33 bits per heavy atom. The molecule has 6 heteroatoms. The van der Waals surface area contributed by atoms with E-state index >= 15 is 0 Å². The summed E-state index contributed by atoms with van der Waals surface area (Å²) in [5, 5.41) is 3.84. The first-order chi connectivity index (χ1) is 9.99. The summed E-state index contributed by atoms with van der Waals surface area (Å²) in [6.45, 7) is 1.95. The van der Waals surface area contributed by atoms with E-state index < -0.39 is 10.0 Å². The van der Waals surface area contributed by atoms with Gasteiger partial charge in [-0.3, -0.25) is 0 Å². The lowest BCUT2D eigenvalue weighted by Gasteiger charge is -2.06. The van der Waals surface area contributed by atoms with Crippen LogP contribution >= 0.6 is 15.9 Å². The van der Waals surface area contributed by atoms with Crippen LogP contribution in [0.15, 0.2) is 69.1 Å². The van der Waals surface area contributed by atoms with Gasteiger partial charge in [0.15, 0.2) is 0 Å². The quantitative estimate of drug-likeness (QED) is 0.649. The van der Waals surface area contributed by atoms with Crippen LogP contribution in [0.1, 0.15) is 18.4 Å². The van der Waals surface area contributed by atoms with Crippen LogP contribution in [0.3, 0.4) is 0 Å². The van der Waals surface area contributed by atoms with Crippen LogP contribution in [0.5, 0.6) is 0 Å². The van der Waals surface area contributed by atoms with Crippen molar-refractivity contribution in [2.24, 2.45) is 5.10 Å². The molecule has 1 N–H and O–H groups in total. The Kier molecular flexibility index (Phi) is 5.14. The summed E-state index contributed by atoms with van der Waals surface area (Å²) in [7, 11) is -3.62. The lowest BCUT2D eigenvalue weighted by atomic mass is 10.0. The Balaban J connectivity index is 2.05. The molecule has 2 aromatic rings. The monoisotopic (exact) mass is 366 g/mol. The first kappa shape index (κ1) is 15.7. The van der Waals surface area contributed by atoms with Crippen LogP contribution in [0.2, 0.25) is 0 Å². The Hall–Kier alpha value is -1.66. The molecule has 0 saturated carbocycles. The first-order valence-corrected chi connectivity index (χ1v) is 8.62. The summed E-state index contributed by atoms with van der Waals surface area (Å²) >= 11 is 3.26. The zero-order valence-electron chi connectivity index (χ0n) is 11.4. The second-order valence-electron chi connectivity index (χ2n) is 4.53. The third-order valence-electron chi connectivity index (χ3n) is 2.92. The van der Waals surface area contributed by atoms with Crippen LogP contribution in [0, 0.1) is 0 Å². The highest BCUT2D eigenvalue weighted by Gasteiger charge is 2.12. The fourth-order valence-corrected chi connectivity index (χ4v) is 2.78. The molecule has 2 aromatic carbocycles. The minimum atomic E-state index is -3.62. The molecule has 0 aliphatic rings. The maximum absolute atomic E-state index is 12.0. The largest absolute Gasteiger partial charge is 0.276 e. The summed E-state index contributed by atoms with van der Waals surface area (Å²) in [4.78, 5) is 2.40. The summed E-state index contributed by atoms with van der Waals surface area (Å²) in [5.41, 5.74) is 1.07. The predicted octanol–water partition coefficient (Wildman–Crippen LogP) is 3.52. The molecule has 0 aromatic heterocycles. The highest BCUT2D eigenvalue weighted by molar-refractivity contribution is 9.10. The molecule has 1 unspecified atom stereocenters. The number of hydrazone groups is 1. The highest BCUT2D eigenvalue weighted by atomic mass is 79.9. The molecule has 0 heterocycles. The maximum atomic E-state index is 12.0. The standard InChI is InChI=1S/C15H15BrN2O2S/c1-12(13-5-3-2-4-6-13)11-17-18-21(19,20)15-9-7-14(16)8-10-15/h2-12,18H,1H3/b17-11+. The van der Waals surface area contributed by atoms with Crippen molar-refractivity contribution >= 4 is 32.2 Å². The minimum absolute atomic E-state index is 0.0267. The van der Waals surface area contributed by atoms with Crippen molar-refractivity contribution in [1.29, 1.82) is 0 Å². The van der Waals surface area contributed by atoms with Crippen molar-refractivity contribution in [2.45, 2.75) is 17.7 Å². The summed E-state index contributed by atoms with van der Waals surface area (Å²) in [6, 6.07) is 16.1. The molecular weight excluding hydrogens is 352 g/mol. The van der Waals surface area contributed by atoms with Gasteiger partial charge in [-0.15, -0.1) is 0 Å². The molecule has 110 valence electrons. The van der Waals surface area contributed by atoms with E-state index in [1.165, 1.54) is 12.1 Å². The molecule has 0 amide bonds. The van der Waals surface area contributed by atoms with Crippen LogP contribution in [0.4, 0.5) is 0 Å². The fraction of sp³-hybridized carbons (Fsp3) is 0.133. The van der Waals surface area contributed by atoms with Gasteiger partial charge in [0.05, 0.1) is 4.90 Å². The van der Waals surface area contributed by atoms with Crippen molar-refractivity contribution in [3.63, 3.8) is 0 Å². The first-order valence-electron chi connectivity index (χ1n) is 6.34. The predicted molar refractivity (Wildman–Crippen MR) is 87.8 cm³/mol. The molecule has 0 fully saturated rings. The Labute approximate surface area is 133 Å². The third kappa shape index (κ3) is 4.41. The SMILES string of the molecule is CC(/C=N/NS(=O)(=O)c1ccc(Br)cc1)c1ccccc1. The van der Waals surface area contributed by atoms with Crippen LogP contribution in [0.25, 0.3) is 0 Å². The Morgan fingerprint density at radius 1 is 1.10 bits per heavy atom. The summed E-state index contributed by atoms with van der Waals surface area (Å²) in [6.07, 6.45) is 1.58. The van der Waals surface area contributed by atoms with Gasteiger partial charge < -0.3 is 0 Å². The van der Waals surface area contributed by atoms with Gasteiger partial charge in [-0.1, -0.05) is 53.2 Å². The lowest BCUT2D eigenvalue weighted by Crippen LogP contribution is -2.18. The number of halogens is 1. The zero-order valence-corrected chi connectivity index (χ0v) is 13.8. The molecule has 0 spiro atoms. The van der Waals surface area contributed by atoms with Crippen molar-refractivity contribution in [3.05, 3.63) is 64.6 Å². The lowest BCUT2D eigenvalue weighted by molar-refractivity contribution is 0.584. The molecule has 4 nitrogen and oxygen atoms in total. The number of sulfonamides is 1. The van der Waals surface area contributed by atoms with Gasteiger partial charge >= 0.3 is 0 Å². The summed E-state index contributed by atoms with van der Waals surface area (Å²) in [5.74, 6) is 0.0267. The van der Waals surface area contributed by atoms with E-state index in [1.807, 2.05) is 37.3 Å². The van der Waals surface area contributed by atoms with Crippen LogP contribution in [-0.2, 0) is 10.0 Å². The third-order valence-corrected chi connectivity index (χ3v) is 4.69. The molecule has 2 rings (SSSR count). The van der Waals surface area contributed by atoms with Gasteiger partial charge in [-0.05, 0) is 29.8 Å². The average Bonchev–Trinajstić information content (AvgIpc) is 2.48. The van der Waals surface area contributed by atoms with Gasteiger partial charge in [0.2, 0.25) is 0 Å². The number of rotatable bonds is 5. The smallest absolute Gasteiger partial charge is 0.200 e. The molecule has 0 aliphatic carbocycles. The fourth-order valence-electron chi connectivity index (χ4n) is 1.72. The van der Waals surface area contributed by atoms with Gasteiger partial charge in [0.25, 0.3) is 10.0 Å². The zero-order chi connectivity index (χ0) is 15.3. The Morgan fingerprint density at radius 2 is 1.71 bits per heavy atom. The summed E-state index contributed by atoms with van der Waals surface area (Å²) < 4.78 is 24.9. The second kappa shape index (κ2) is 6.87. The van der Waals surface area contributed by atoms with E-state index in [4.69, 9.17) is 0 Å². The van der Waals surface area contributed by atoms with E-state index in [-0.39, 0.29) is 10.8 Å². The topological polar surface area (TPSA) is 58.5 Å². The van der Waals surface area contributed by atoms with Crippen molar-refractivity contribution < 1.29 is 8.42 Å². The van der Waals surface area contributed by atoms with Crippen molar-refractivity contribution in [1.82, 2.24) is 4.83 Å². The molecule has 0 aliphatic heterocycles. The van der Waals surface area contributed by atoms with E-state index in [0.29, 0.717) is 0 Å². The highest BCUT2D eigenvalue weighted by Crippen LogP contribution is 2.15. The van der Waals surface area contributed by atoms with Crippen molar-refractivity contribution in [2.75, 3.05) is 0 Å². The van der Waals surface area contributed by atoms with Crippen molar-refractivity contribution in [3.8, 4) is 0 Å². The number of nitrogens with one attached hydrogen (secondary N) is 1. The van der Waals surface area contributed by atoms with Crippen LogP contribution in [-0.4, -0.2) is 14.6 Å². The van der Waals surface area contributed by atoms with Gasteiger partial charge in [0, 0.05) is 16.6 Å². The van der Waals surface area contributed by atoms with Crippen LogP contribution < -0.4 is 4.83 Å². The average molecular weight is 367 g/mol. The molecule has 1 atom stereocenters. The number of benzene rings is 2. The number of hydrogen-bond acceptors (Lipinski definition) is 3. The molecule has 0 radical (unpaired) electrons. The van der Waals surface area contributed by atoms with E-state index in [1.54, 1.807) is 18.3 Å². The van der Waals surface area contributed by atoms with E-state index in [0.717, 1.165) is 10.0 Å². The van der Waals surface area contributed by atoms with Gasteiger partial charge in [-0.2, -0.15) is 13.5 Å². The van der Waals surface area contributed by atoms with E-state index in [9.17, 15) is 8.42 Å². The van der Waals surface area contributed by atoms with Gasteiger partial charge in [-0.25, -0.2) is 4.83 Å². The van der Waals surface area contributed by atoms with E-state index in [2.05, 4.69) is 25.9 Å². The molecule has 21 heavy (non-hydrogen) atoms. The second-order valence-corrected chi connectivity index (χ2v) is 7.10. The molecule has 0 bridgehead atoms. The molecule has 0 saturated heterocycles. The maximum Gasteiger partial charge on any atom is 0.276 e. The Bertz CT molecular complexity index is 713. The number of nitrogens with zero attached hydrogens (tertiary/aromatic N) is 1.